The number of aromatic nitrogens is 4. The number of thioether (sulfide) groups is 1. The van der Waals surface area contributed by atoms with Crippen LogP contribution < -0.4 is 4.74 Å². The number of nitrogens with zero attached hydrogens (tertiary/aromatic N) is 4. The lowest BCUT2D eigenvalue weighted by Crippen LogP contribution is -1.96. The van der Waals surface area contributed by atoms with Gasteiger partial charge in [0.25, 0.3) is 0 Å². The number of hydrogen-bond donors (Lipinski definition) is 0. The Hall–Kier alpha value is -2.64. The normalized spacial score (nSPS) is 10.9. The molecule has 0 fully saturated rings. The van der Waals surface area contributed by atoms with Crippen molar-refractivity contribution in [3.05, 3.63) is 82.6 Å². The largest absolute Gasteiger partial charge is 0.486 e. The number of rotatable bonds is 7. The van der Waals surface area contributed by atoms with Crippen LogP contribution in [0.15, 0.2) is 71.5 Å². The molecule has 0 unspecified atom stereocenters. The predicted octanol–water partition coefficient (Wildman–Crippen LogP) is 4.90. The van der Waals surface area contributed by atoms with Gasteiger partial charge in [-0.1, -0.05) is 47.7 Å². The van der Waals surface area contributed by atoms with Crippen LogP contribution in [0.1, 0.15) is 16.3 Å². The van der Waals surface area contributed by atoms with E-state index in [2.05, 4.69) is 27.5 Å². The molecule has 0 aliphatic carbocycles. The van der Waals surface area contributed by atoms with Crippen molar-refractivity contribution in [1.82, 2.24) is 19.7 Å². The Bertz CT molecular complexity index is 996. The molecule has 0 N–H and O–H groups in total. The fraction of sp³-hybridized carbons (Fsp3) is 0.150. The van der Waals surface area contributed by atoms with Crippen LogP contribution in [-0.2, 0) is 12.4 Å². The molecule has 4 aromatic rings. The van der Waals surface area contributed by atoms with Gasteiger partial charge in [-0.15, -0.1) is 21.5 Å². The smallest absolute Gasteiger partial charge is 0.195 e. The lowest BCUT2D eigenvalue weighted by atomic mass is 10.2. The van der Waals surface area contributed by atoms with Crippen molar-refractivity contribution >= 4 is 23.1 Å². The number of thiazole rings is 1. The summed E-state index contributed by atoms with van der Waals surface area (Å²) in [6.45, 7) is 2.55. The molecule has 0 aliphatic heterocycles. The first-order valence-electron chi connectivity index (χ1n) is 8.49. The van der Waals surface area contributed by atoms with Gasteiger partial charge in [-0.25, -0.2) is 4.98 Å². The van der Waals surface area contributed by atoms with Crippen molar-refractivity contribution < 1.29 is 4.74 Å². The van der Waals surface area contributed by atoms with E-state index < -0.39 is 0 Å². The topological polar surface area (TPSA) is 52.8 Å². The van der Waals surface area contributed by atoms with E-state index in [4.69, 9.17) is 4.74 Å². The lowest BCUT2D eigenvalue weighted by molar-refractivity contribution is 0.305. The molecular formula is C20H18N4OS2. The molecule has 4 rings (SSSR count). The van der Waals surface area contributed by atoms with Crippen LogP contribution in [0.5, 0.6) is 5.75 Å². The average Bonchev–Trinajstić information content (AvgIpc) is 3.36. The van der Waals surface area contributed by atoms with Crippen molar-refractivity contribution in [3.8, 4) is 11.4 Å². The van der Waals surface area contributed by atoms with Crippen molar-refractivity contribution in [3.63, 3.8) is 0 Å². The molecule has 0 radical (unpaired) electrons. The SMILES string of the molecule is Cc1ccc(OCc2nc(CSc3nncn3-c3ccccc3)cs2)cc1. The molecule has 2 heterocycles. The first-order valence-corrected chi connectivity index (χ1v) is 10.4. The Morgan fingerprint density at radius 2 is 1.89 bits per heavy atom. The van der Waals surface area contributed by atoms with Gasteiger partial charge in [-0.3, -0.25) is 4.57 Å². The maximum absolute atomic E-state index is 5.80. The van der Waals surface area contributed by atoms with Gasteiger partial charge >= 0.3 is 0 Å². The van der Waals surface area contributed by atoms with Crippen molar-refractivity contribution in [2.75, 3.05) is 0 Å². The third kappa shape index (κ3) is 4.56. The molecule has 0 saturated heterocycles. The minimum atomic E-state index is 0.485. The summed E-state index contributed by atoms with van der Waals surface area (Å²) >= 11 is 3.24. The summed E-state index contributed by atoms with van der Waals surface area (Å²) < 4.78 is 7.79. The Kier molecular flexibility index (Phi) is 5.50. The highest BCUT2D eigenvalue weighted by molar-refractivity contribution is 7.98. The molecule has 27 heavy (non-hydrogen) atoms. The summed E-state index contributed by atoms with van der Waals surface area (Å²) in [5.41, 5.74) is 3.30. The molecule has 0 spiro atoms. The zero-order valence-electron chi connectivity index (χ0n) is 14.8. The van der Waals surface area contributed by atoms with E-state index in [9.17, 15) is 0 Å². The zero-order valence-corrected chi connectivity index (χ0v) is 16.4. The van der Waals surface area contributed by atoms with Crippen LogP contribution in [0.3, 0.4) is 0 Å². The average molecular weight is 395 g/mol. The van der Waals surface area contributed by atoms with E-state index in [-0.39, 0.29) is 0 Å². The number of aryl methyl sites for hydroxylation is 1. The van der Waals surface area contributed by atoms with Crippen LogP contribution in [0.4, 0.5) is 0 Å². The summed E-state index contributed by atoms with van der Waals surface area (Å²) in [5, 5.41) is 12.2. The zero-order chi connectivity index (χ0) is 18.5. The lowest BCUT2D eigenvalue weighted by Gasteiger charge is -2.05. The van der Waals surface area contributed by atoms with Crippen molar-refractivity contribution in [2.24, 2.45) is 0 Å². The van der Waals surface area contributed by atoms with Crippen LogP contribution in [0.25, 0.3) is 5.69 Å². The summed E-state index contributed by atoms with van der Waals surface area (Å²) in [7, 11) is 0. The summed E-state index contributed by atoms with van der Waals surface area (Å²) in [5.74, 6) is 1.61. The van der Waals surface area contributed by atoms with Crippen LogP contribution in [0, 0.1) is 6.92 Å². The summed E-state index contributed by atoms with van der Waals surface area (Å²) in [6.07, 6.45) is 1.74. The van der Waals surface area contributed by atoms with Gasteiger partial charge in [0, 0.05) is 16.8 Å². The van der Waals surface area contributed by atoms with E-state index in [1.165, 1.54) is 5.56 Å². The highest BCUT2D eigenvalue weighted by atomic mass is 32.2. The number of para-hydroxylation sites is 1. The van der Waals surface area contributed by atoms with Gasteiger partial charge in [0.2, 0.25) is 0 Å². The molecule has 2 aromatic heterocycles. The van der Waals surface area contributed by atoms with E-state index in [0.717, 1.165) is 33.0 Å². The van der Waals surface area contributed by atoms with E-state index in [0.29, 0.717) is 6.61 Å². The second kappa shape index (κ2) is 8.37. The molecule has 2 aromatic carbocycles. The first-order chi connectivity index (χ1) is 13.3. The standard InChI is InChI=1S/C20H18N4OS2/c1-15-7-9-18(10-8-15)25-11-19-22-16(12-26-19)13-27-20-23-21-14-24(20)17-5-3-2-4-6-17/h2-10,12,14H,11,13H2,1H3. The molecule has 0 bridgehead atoms. The van der Waals surface area contributed by atoms with Gasteiger partial charge < -0.3 is 4.74 Å². The van der Waals surface area contributed by atoms with Gasteiger partial charge in [0.05, 0.1) is 5.69 Å². The Balaban J connectivity index is 1.35. The summed E-state index contributed by atoms with van der Waals surface area (Å²) in [6, 6.07) is 18.1. The second-order valence-electron chi connectivity index (χ2n) is 5.94. The minimum absolute atomic E-state index is 0.485. The van der Waals surface area contributed by atoms with E-state index in [1.807, 2.05) is 59.2 Å². The Morgan fingerprint density at radius 1 is 1.07 bits per heavy atom. The third-order valence-corrected chi connectivity index (χ3v) is 5.73. The number of ether oxygens (including phenoxy) is 1. The van der Waals surface area contributed by atoms with Crippen molar-refractivity contribution in [1.29, 1.82) is 0 Å². The molecule has 0 saturated carbocycles. The van der Waals surface area contributed by atoms with E-state index >= 15 is 0 Å². The van der Waals surface area contributed by atoms with Crippen molar-refractivity contribution in [2.45, 2.75) is 24.4 Å². The predicted molar refractivity (Wildman–Crippen MR) is 109 cm³/mol. The maximum Gasteiger partial charge on any atom is 0.195 e. The van der Waals surface area contributed by atoms with Gasteiger partial charge in [-0.05, 0) is 31.2 Å². The van der Waals surface area contributed by atoms with Gasteiger partial charge in [0.15, 0.2) is 5.16 Å². The molecule has 5 nitrogen and oxygen atoms in total. The maximum atomic E-state index is 5.80. The quantitative estimate of drug-likeness (QED) is 0.417. The number of hydrogen-bond acceptors (Lipinski definition) is 6. The monoisotopic (exact) mass is 394 g/mol. The van der Waals surface area contributed by atoms with Gasteiger partial charge in [-0.2, -0.15) is 0 Å². The first kappa shape index (κ1) is 17.8. The minimum Gasteiger partial charge on any atom is -0.486 e. The van der Waals surface area contributed by atoms with Crippen LogP contribution in [0.2, 0.25) is 0 Å². The highest BCUT2D eigenvalue weighted by Gasteiger charge is 2.09. The van der Waals surface area contributed by atoms with Crippen LogP contribution >= 0.6 is 23.1 Å². The molecule has 0 amide bonds. The van der Waals surface area contributed by atoms with Gasteiger partial charge in [0.1, 0.15) is 23.7 Å². The molecular weight excluding hydrogens is 376 g/mol. The van der Waals surface area contributed by atoms with Crippen LogP contribution in [-0.4, -0.2) is 19.7 Å². The second-order valence-corrected chi connectivity index (χ2v) is 7.83. The molecule has 7 heteroatoms. The fourth-order valence-electron chi connectivity index (χ4n) is 2.49. The summed E-state index contributed by atoms with van der Waals surface area (Å²) in [4.78, 5) is 4.66. The highest BCUT2D eigenvalue weighted by Crippen LogP contribution is 2.24. The molecule has 0 aliphatic rings. The fourth-order valence-corrected chi connectivity index (χ4v) is 4.12. The van der Waals surface area contributed by atoms with E-state index in [1.54, 1.807) is 29.4 Å². The number of benzene rings is 2. The Labute approximate surface area is 166 Å². The Morgan fingerprint density at radius 3 is 2.70 bits per heavy atom. The molecule has 136 valence electrons. The molecule has 0 atom stereocenters. The third-order valence-electron chi connectivity index (χ3n) is 3.88.